The molecule has 0 amide bonds. The molecule has 4 nitrogen and oxygen atoms in total. The number of para-hydroxylation sites is 2. The third-order valence-electron chi connectivity index (χ3n) is 3.58. The van der Waals surface area contributed by atoms with E-state index in [0.29, 0.717) is 18.8 Å². The Labute approximate surface area is 135 Å². The number of carbonyl (C=O) groups is 1. The van der Waals surface area contributed by atoms with Gasteiger partial charge in [0.2, 0.25) is 0 Å². The van der Waals surface area contributed by atoms with Crippen molar-refractivity contribution < 1.29 is 9.53 Å². The summed E-state index contributed by atoms with van der Waals surface area (Å²) in [6, 6.07) is 17.8. The van der Waals surface area contributed by atoms with E-state index < -0.39 is 0 Å². The van der Waals surface area contributed by atoms with Crippen molar-refractivity contribution in [2.24, 2.45) is 4.99 Å². The first kappa shape index (κ1) is 15.0. The van der Waals surface area contributed by atoms with Gasteiger partial charge in [0.05, 0.1) is 18.0 Å². The molecule has 23 heavy (non-hydrogen) atoms. The predicted molar refractivity (Wildman–Crippen MR) is 91.9 cm³/mol. The Balaban J connectivity index is 2.02. The molecule has 1 aliphatic rings. The fraction of sp³-hybridized carbons (Fsp3) is 0.158. The molecule has 1 heterocycles. The molecular weight excluding hydrogens is 288 g/mol. The first-order valence-corrected chi connectivity index (χ1v) is 7.61. The maximum absolute atomic E-state index is 12.4. The fourth-order valence-electron chi connectivity index (χ4n) is 2.53. The molecule has 0 saturated heterocycles. The van der Waals surface area contributed by atoms with Gasteiger partial charge in [-0.15, -0.1) is 0 Å². The number of benzene rings is 2. The zero-order valence-corrected chi connectivity index (χ0v) is 13.0. The molecule has 4 heteroatoms. The highest BCUT2D eigenvalue weighted by Gasteiger charge is 2.23. The van der Waals surface area contributed by atoms with E-state index in [9.17, 15) is 4.79 Å². The number of hydrogen-bond donors (Lipinski definition) is 0. The van der Waals surface area contributed by atoms with Crippen LogP contribution in [-0.2, 0) is 16.1 Å². The Morgan fingerprint density at radius 3 is 2.61 bits per heavy atom. The molecule has 3 rings (SSSR count). The number of esters is 1. The van der Waals surface area contributed by atoms with Crippen molar-refractivity contribution in [3.63, 3.8) is 0 Å². The standard InChI is InChI=1S/C19H18N2O2/c1-2-23-19(22)18-12-13-20-16-10-6-7-11-17(16)21(18)14-15-8-4-3-5-9-15/h3-13H,2,14H2,1H3. The fourth-order valence-corrected chi connectivity index (χ4v) is 2.53. The molecule has 0 saturated carbocycles. The van der Waals surface area contributed by atoms with E-state index in [1.165, 1.54) is 0 Å². The van der Waals surface area contributed by atoms with Crippen molar-refractivity contribution in [3.05, 3.63) is 71.9 Å². The Morgan fingerprint density at radius 2 is 1.83 bits per heavy atom. The summed E-state index contributed by atoms with van der Waals surface area (Å²) in [6.45, 7) is 2.72. The van der Waals surface area contributed by atoms with Gasteiger partial charge in [0, 0.05) is 12.8 Å². The largest absolute Gasteiger partial charge is 0.461 e. The van der Waals surface area contributed by atoms with Crippen molar-refractivity contribution in [3.8, 4) is 0 Å². The summed E-state index contributed by atoms with van der Waals surface area (Å²) < 4.78 is 5.21. The van der Waals surface area contributed by atoms with E-state index >= 15 is 0 Å². The van der Waals surface area contributed by atoms with Crippen LogP contribution in [0.1, 0.15) is 12.5 Å². The van der Waals surface area contributed by atoms with Crippen molar-refractivity contribution in [2.45, 2.75) is 13.5 Å². The van der Waals surface area contributed by atoms with Gasteiger partial charge in [-0.1, -0.05) is 42.5 Å². The number of anilines is 1. The van der Waals surface area contributed by atoms with Crippen LogP contribution in [0.15, 0.2) is 71.4 Å². The number of fused-ring (bicyclic) bond motifs is 1. The second-order valence-electron chi connectivity index (χ2n) is 5.11. The summed E-state index contributed by atoms with van der Waals surface area (Å²) in [5, 5.41) is 0. The first-order valence-electron chi connectivity index (χ1n) is 7.61. The highest BCUT2D eigenvalue weighted by molar-refractivity contribution is 6.00. The van der Waals surface area contributed by atoms with Crippen LogP contribution in [0.4, 0.5) is 11.4 Å². The minimum absolute atomic E-state index is 0.341. The molecule has 0 N–H and O–H groups in total. The SMILES string of the molecule is CCOC(=O)C1=CC=Nc2ccccc2N1Cc1ccccc1. The van der Waals surface area contributed by atoms with Crippen molar-refractivity contribution in [1.29, 1.82) is 0 Å². The third kappa shape index (κ3) is 3.31. The molecule has 0 unspecified atom stereocenters. The summed E-state index contributed by atoms with van der Waals surface area (Å²) in [5.74, 6) is -0.341. The number of hydrogen-bond acceptors (Lipinski definition) is 4. The van der Waals surface area contributed by atoms with Gasteiger partial charge >= 0.3 is 5.97 Å². The molecular formula is C19H18N2O2. The average Bonchev–Trinajstić information content (AvgIpc) is 2.76. The maximum atomic E-state index is 12.4. The van der Waals surface area contributed by atoms with E-state index in [-0.39, 0.29) is 5.97 Å². The molecule has 0 atom stereocenters. The lowest BCUT2D eigenvalue weighted by atomic mass is 10.1. The summed E-state index contributed by atoms with van der Waals surface area (Å²) in [4.78, 5) is 18.7. The normalized spacial score (nSPS) is 13.1. The Morgan fingerprint density at radius 1 is 1.09 bits per heavy atom. The number of allylic oxidation sites excluding steroid dienone is 1. The minimum Gasteiger partial charge on any atom is -0.461 e. The average molecular weight is 306 g/mol. The van der Waals surface area contributed by atoms with Crippen LogP contribution in [-0.4, -0.2) is 18.8 Å². The van der Waals surface area contributed by atoms with Gasteiger partial charge in [0.25, 0.3) is 0 Å². The summed E-state index contributed by atoms with van der Waals surface area (Å²) in [6.07, 6.45) is 3.36. The molecule has 0 bridgehead atoms. The van der Waals surface area contributed by atoms with Gasteiger partial charge in [-0.2, -0.15) is 0 Å². The van der Waals surface area contributed by atoms with E-state index in [4.69, 9.17) is 4.74 Å². The summed E-state index contributed by atoms with van der Waals surface area (Å²) >= 11 is 0. The zero-order chi connectivity index (χ0) is 16.1. The van der Waals surface area contributed by atoms with Gasteiger partial charge in [-0.05, 0) is 30.7 Å². The number of carbonyl (C=O) groups excluding carboxylic acids is 1. The highest BCUT2D eigenvalue weighted by atomic mass is 16.5. The van der Waals surface area contributed by atoms with Crippen LogP contribution in [0.2, 0.25) is 0 Å². The van der Waals surface area contributed by atoms with Gasteiger partial charge in [-0.3, -0.25) is 4.99 Å². The van der Waals surface area contributed by atoms with E-state index in [2.05, 4.69) is 4.99 Å². The third-order valence-corrected chi connectivity index (χ3v) is 3.58. The van der Waals surface area contributed by atoms with Crippen LogP contribution in [0.3, 0.4) is 0 Å². The lowest BCUT2D eigenvalue weighted by molar-refractivity contribution is -0.138. The van der Waals surface area contributed by atoms with E-state index in [0.717, 1.165) is 16.9 Å². The number of ether oxygens (including phenoxy) is 1. The Kier molecular flexibility index (Phi) is 4.52. The van der Waals surface area contributed by atoms with Gasteiger partial charge in [-0.25, -0.2) is 4.79 Å². The number of rotatable bonds is 4. The monoisotopic (exact) mass is 306 g/mol. The van der Waals surface area contributed by atoms with Gasteiger partial charge in [0.1, 0.15) is 5.70 Å². The Bertz CT molecular complexity index is 751. The summed E-state index contributed by atoms with van der Waals surface area (Å²) in [7, 11) is 0. The number of aliphatic imine (C=N–C) groups is 1. The first-order chi connectivity index (χ1) is 11.3. The maximum Gasteiger partial charge on any atom is 0.355 e. The van der Waals surface area contributed by atoms with Crippen LogP contribution in [0.5, 0.6) is 0 Å². The van der Waals surface area contributed by atoms with Crippen molar-refractivity contribution >= 4 is 23.6 Å². The molecule has 0 fully saturated rings. The zero-order valence-electron chi connectivity index (χ0n) is 13.0. The topological polar surface area (TPSA) is 41.9 Å². The molecule has 0 radical (unpaired) electrons. The van der Waals surface area contributed by atoms with Gasteiger partial charge in [0.15, 0.2) is 0 Å². The predicted octanol–water partition coefficient (Wildman–Crippen LogP) is 3.86. The highest BCUT2D eigenvalue weighted by Crippen LogP contribution is 2.33. The van der Waals surface area contributed by atoms with Gasteiger partial charge < -0.3 is 9.64 Å². The number of nitrogens with zero attached hydrogens (tertiary/aromatic N) is 2. The molecule has 0 spiro atoms. The Hall–Kier alpha value is -2.88. The molecule has 0 aliphatic carbocycles. The van der Waals surface area contributed by atoms with Crippen molar-refractivity contribution in [1.82, 2.24) is 0 Å². The van der Waals surface area contributed by atoms with Crippen LogP contribution >= 0.6 is 0 Å². The second kappa shape index (κ2) is 6.92. The molecule has 0 aromatic heterocycles. The van der Waals surface area contributed by atoms with Crippen LogP contribution < -0.4 is 4.90 Å². The van der Waals surface area contributed by atoms with E-state index in [1.807, 2.05) is 59.5 Å². The van der Waals surface area contributed by atoms with Crippen molar-refractivity contribution in [2.75, 3.05) is 11.5 Å². The molecule has 1 aliphatic heterocycles. The van der Waals surface area contributed by atoms with Crippen LogP contribution in [0.25, 0.3) is 0 Å². The lowest BCUT2D eigenvalue weighted by Gasteiger charge is -2.26. The summed E-state index contributed by atoms with van der Waals surface area (Å²) in [5.41, 5.74) is 3.33. The lowest BCUT2D eigenvalue weighted by Crippen LogP contribution is -2.28. The molecule has 2 aromatic rings. The second-order valence-corrected chi connectivity index (χ2v) is 5.11. The molecule has 116 valence electrons. The van der Waals surface area contributed by atoms with E-state index in [1.54, 1.807) is 19.2 Å². The smallest absolute Gasteiger partial charge is 0.355 e. The minimum atomic E-state index is -0.341. The quantitative estimate of drug-likeness (QED) is 0.806. The van der Waals surface area contributed by atoms with Crippen LogP contribution in [0, 0.1) is 0 Å². The molecule has 2 aromatic carbocycles.